The summed E-state index contributed by atoms with van der Waals surface area (Å²) in [6.07, 6.45) is -4.94. The number of hydrogen-bond acceptors (Lipinski definition) is 5. The van der Waals surface area contributed by atoms with Crippen molar-refractivity contribution in [2.75, 3.05) is 6.61 Å². The number of halogens is 4. The van der Waals surface area contributed by atoms with Crippen molar-refractivity contribution in [3.63, 3.8) is 0 Å². The zero-order valence-electron chi connectivity index (χ0n) is 13.2. The second kappa shape index (κ2) is 7.55. The van der Waals surface area contributed by atoms with Gasteiger partial charge in [-0.2, -0.15) is 21.6 Å². The second-order valence-electron chi connectivity index (χ2n) is 4.92. The summed E-state index contributed by atoms with van der Waals surface area (Å²) in [5, 5.41) is -0.268. The Kier molecular flexibility index (Phi) is 5.82. The first-order valence-corrected chi connectivity index (χ1v) is 8.91. The number of carbonyl (C=O) groups excluding carboxylic acids is 1. The highest BCUT2D eigenvalue weighted by Crippen LogP contribution is 2.36. The summed E-state index contributed by atoms with van der Waals surface area (Å²) in [5.41, 5.74) is -1.30. The van der Waals surface area contributed by atoms with Crippen LogP contribution in [0.15, 0.2) is 47.4 Å². The smallest absolute Gasteiger partial charge is 0.417 e. The fraction of sp³-hybridized carbons (Fsp3) is 0.188. The molecule has 0 aliphatic carbocycles. The van der Waals surface area contributed by atoms with E-state index in [-0.39, 0.29) is 22.9 Å². The molecule has 0 bridgehead atoms. The van der Waals surface area contributed by atoms with Crippen LogP contribution in [0.1, 0.15) is 22.8 Å². The maximum Gasteiger partial charge on any atom is 0.417 e. The van der Waals surface area contributed by atoms with Gasteiger partial charge in [-0.3, -0.25) is 0 Å². The first-order valence-electron chi connectivity index (χ1n) is 7.13. The van der Waals surface area contributed by atoms with E-state index in [0.717, 1.165) is 18.2 Å². The van der Waals surface area contributed by atoms with Crippen LogP contribution in [0, 0.1) is 0 Å². The number of benzene rings is 2. The molecule has 0 saturated heterocycles. The number of carbonyl (C=O) groups is 1. The van der Waals surface area contributed by atoms with E-state index in [1.165, 1.54) is 12.1 Å². The van der Waals surface area contributed by atoms with Gasteiger partial charge in [-0.15, -0.1) is 0 Å². The van der Waals surface area contributed by atoms with E-state index in [1.54, 1.807) is 6.92 Å². The van der Waals surface area contributed by atoms with Gasteiger partial charge in [0.15, 0.2) is 0 Å². The molecule has 0 N–H and O–H groups in total. The predicted molar refractivity (Wildman–Crippen MR) is 86.7 cm³/mol. The normalized spacial score (nSPS) is 11.9. The van der Waals surface area contributed by atoms with Gasteiger partial charge in [-0.1, -0.05) is 11.6 Å². The van der Waals surface area contributed by atoms with Crippen LogP contribution in [0.4, 0.5) is 13.2 Å². The van der Waals surface area contributed by atoms with Gasteiger partial charge >= 0.3 is 22.3 Å². The van der Waals surface area contributed by atoms with Gasteiger partial charge in [0.2, 0.25) is 0 Å². The first kappa shape index (κ1) is 20.1. The van der Waals surface area contributed by atoms with Gasteiger partial charge in [0.25, 0.3) is 0 Å². The van der Waals surface area contributed by atoms with Crippen molar-refractivity contribution in [2.45, 2.75) is 18.0 Å². The number of ether oxygens (including phenoxy) is 1. The summed E-state index contributed by atoms with van der Waals surface area (Å²) in [4.78, 5) is 10.5. The summed E-state index contributed by atoms with van der Waals surface area (Å²) in [6.45, 7) is 1.77. The lowest BCUT2D eigenvalue weighted by molar-refractivity contribution is -0.139. The largest absolute Gasteiger partial charge is 0.462 e. The lowest BCUT2D eigenvalue weighted by Gasteiger charge is -2.14. The molecule has 0 unspecified atom stereocenters. The minimum absolute atomic E-state index is 0.138. The van der Waals surface area contributed by atoms with Crippen LogP contribution in [-0.2, 0) is 21.0 Å². The van der Waals surface area contributed by atoms with Crippen molar-refractivity contribution in [3.05, 3.63) is 58.6 Å². The van der Waals surface area contributed by atoms with E-state index in [2.05, 4.69) is 0 Å². The molecule has 140 valence electrons. The van der Waals surface area contributed by atoms with Crippen LogP contribution in [0.2, 0.25) is 5.02 Å². The fourth-order valence-electron chi connectivity index (χ4n) is 1.97. The molecule has 0 saturated carbocycles. The molecule has 2 aromatic carbocycles. The Morgan fingerprint density at radius 1 is 1.12 bits per heavy atom. The first-order chi connectivity index (χ1) is 12.0. The molecule has 0 amide bonds. The number of esters is 1. The van der Waals surface area contributed by atoms with Gasteiger partial charge in [-0.05, 0) is 49.4 Å². The van der Waals surface area contributed by atoms with Crippen LogP contribution in [0.3, 0.4) is 0 Å². The summed E-state index contributed by atoms with van der Waals surface area (Å²) >= 11 is 5.53. The Morgan fingerprint density at radius 2 is 1.73 bits per heavy atom. The Bertz CT molecular complexity index is 908. The molecule has 0 atom stereocenters. The molecule has 0 spiro atoms. The Balaban J connectivity index is 2.34. The molecule has 0 fully saturated rings. The zero-order valence-corrected chi connectivity index (χ0v) is 14.8. The molecular weight excluding hydrogens is 397 g/mol. The summed E-state index contributed by atoms with van der Waals surface area (Å²) in [6, 6.07) is 6.96. The maximum absolute atomic E-state index is 13.1. The lowest BCUT2D eigenvalue weighted by atomic mass is 10.2. The van der Waals surface area contributed by atoms with E-state index in [1.807, 2.05) is 0 Å². The van der Waals surface area contributed by atoms with Crippen LogP contribution in [0.25, 0.3) is 0 Å². The van der Waals surface area contributed by atoms with E-state index in [0.29, 0.717) is 12.1 Å². The standard InChI is InChI=1S/C16H12ClF3O5S/c1-2-24-15(21)10-3-6-12(7-4-10)25-26(22,23)14-8-5-11(17)9-13(14)16(18,19)20/h3-9H,2H2,1H3. The molecule has 2 aromatic rings. The molecule has 5 nitrogen and oxygen atoms in total. The molecular formula is C16H12ClF3O5S. The van der Waals surface area contributed by atoms with E-state index >= 15 is 0 Å². The highest BCUT2D eigenvalue weighted by Gasteiger charge is 2.38. The van der Waals surface area contributed by atoms with E-state index in [4.69, 9.17) is 20.5 Å². The Hall–Kier alpha value is -2.26. The summed E-state index contributed by atoms with van der Waals surface area (Å²) < 4.78 is 73.2. The minimum Gasteiger partial charge on any atom is -0.462 e. The zero-order chi connectivity index (χ0) is 19.5. The molecule has 0 aliphatic rings. The Morgan fingerprint density at radius 3 is 2.27 bits per heavy atom. The van der Waals surface area contributed by atoms with Crippen molar-refractivity contribution in [3.8, 4) is 5.75 Å². The molecule has 0 heterocycles. The minimum atomic E-state index is -4.94. The summed E-state index contributed by atoms with van der Waals surface area (Å²) in [7, 11) is -4.78. The number of rotatable bonds is 5. The highest BCUT2D eigenvalue weighted by molar-refractivity contribution is 7.87. The number of alkyl halides is 3. The quantitative estimate of drug-likeness (QED) is 0.545. The highest BCUT2D eigenvalue weighted by atomic mass is 35.5. The average molecular weight is 409 g/mol. The van der Waals surface area contributed by atoms with Gasteiger partial charge in [-0.25, -0.2) is 4.79 Å². The van der Waals surface area contributed by atoms with Gasteiger partial charge in [0.05, 0.1) is 17.7 Å². The topological polar surface area (TPSA) is 69.7 Å². The molecule has 10 heteroatoms. The molecule has 0 aliphatic heterocycles. The van der Waals surface area contributed by atoms with Crippen LogP contribution in [0.5, 0.6) is 5.75 Å². The maximum atomic E-state index is 13.1. The third kappa shape index (κ3) is 4.67. The second-order valence-corrected chi connectivity index (χ2v) is 6.87. The average Bonchev–Trinajstić information content (AvgIpc) is 2.54. The third-order valence-corrected chi connectivity index (χ3v) is 4.63. The van der Waals surface area contributed by atoms with Crippen LogP contribution < -0.4 is 4.18 Å². The number of hydrogen-bond donors (Lipinski definition) is 0. The van der Waals surface area contributed by atoms with Gasteiger partial charge < -0.3 is 8.92 Å². The van der Waals surface area contributed by atoms with Gasteiger partial charge in [0.1, 0.15) is 10.6 Å². The predicted octanol–water partition coefficient (Wildman–Crippen LogP) is 4.30. The lowest BCUT2D eigenvalue weighted by Crippen LogP contribution is -2.17. The molecule has 0 aromatic heterocycles. The Labute approximate surface area is 152 Å². The molecule has 26 heavy (non-hydrogen) atoms. The fourth-order valence-corrected chi connectivity index (χ4v) is 3.28. The van der Waals surface area contributed by atoms with E-state index in [9.17, 15) is 26.4 Å². The SMILES string of the molecule is CCOC(=O)c1ccc(OS(=O)(=O)c2ccc(Cl)cc2C(F)(F)F)cc1. The molecule has 0 radical (unpaired) electrons. The van der Waals surface area contributed by atoms with Crippen molar-refractivity contribution >= 4 is 27.7 Å². The van der Waals surface area contributed by atoms with Crippen molar-refractivity contribution < 1.29 is 35.3 Å². The third-order valence-electron chi connectivity index (χ3n) is 3.09. The van der Waals surface area contributed by atoms with E-state index < -0.39 is 32.7 Å². The van der Waals surface area contributed by atoms with Crippen molar-refractivity contribution in [1.82, 2.24) is 0 Å². The van der Waals surface area contributed by atoms with Crippen LogP contribution in [-0.4, -0.2) is 21.0 Å². The summed E-state index contributed by atoms with van der Waals surface area (Å²) in [5.74, 6) is -0.889. The van der Waals surface area contributed by atoms with Crippen LogP contribution >= 0.6 is 11.6 Å². The van der Waals surface area contributed by atoms with Crippen molar-refractivity contribution in [2.24, 2.45) is 0 Å². The monoisotopic (exact) mass is 408 g/mol. The molecule has 2 rings (SSSR count). The van der Waals surface area contributed by atoms with Crippen molar-refractivity contribution in [1.29, 1.82) is 0 Å². The van der Waals surface area contributed by atoms with Gasteiger partial charge in [0, 0.05) is 5.02 Å².